The average molecular weight is 425 g/mol. The Morgan fingerprint density at radius 1 is 1.17 bits per heavy atom. The highest BCUT2D eigenvalue weighted by Gasteiger charge is 2.32. The van der Waals surface area contributed by atoms with E-state index in [9.17, 15) is 4.79 Å². The molecule has 0 unspecified atom stereocenters. The zero-order chi connectivity index (χ0) is 21.6. The van der Waals surface area contributed by atoms with Crippen molar-refractivity contribution in [2.45, 2.75) is 39.3 Å². The van der Waals surface area contributed by atoms with Gasteiger partial charge in [0.1, 0.15) is 17.2 Å². The van der Waals surface area contributed by atoms with Gasteiger partial charge in [-0.25, -0.2) is 0 Å². The molecule has 1 amide bonds. The van der Waals surface area contributed by atoms with E-state index < -0.39 is 0 Å². The van der Waals surface area contributed by atoms with Crippen molar-refractivity contribution < 1.29 is 14.3 Å². The van der Waals surface area contributed by atoms with Crippen molar-refractivity contribution in [3.05, 3.63) is 46.3 Å². The number of amides is 1. The molecule has 1 aliphatic rings. The Labute approximate surface area is 181 Å². The smallest absolute Gasteiger partial charge is 0.270 e. The van der Waals surface area contributed by atoms with E-state index in [1.165, 1.54) is 5.56 Å². The molecule has 0 bridgehead atoms. The van der Waals surface area contributed by atoms with Crippen molar-refractivity contribution in [3.63, 3.8) is 0 Å². The molecular weight excluding hydrogens is 396 g/mol. The van der Waals surface area contributed by atoms with E-state index in [0.717, 1.165) is 46.8 Å². The third-order valence-electron chi connectivity index (χ3n) is 5.91. The van der Waals surface area contributed by atoms with Gasteiger partial charge in [-0.15, -0.1) is 0 Å². The molecule has 0 fully saturated rings. The van der Waals surface area contributed by atoms with Crippen LogP contribution in [0.5, 0.6) is 11.5 Å². The molecule has 0 aliphatic carbocycles. The molecule has 3 aromatic rings. The molecule has 6 heteroatoms. The summed E-state index contributed by atoms with van der Waals surface area (Å²) in [5.41, 5.74) is 5.90. The van der Waals surface area contributed by atoms with E-state index in [0.29, 0.717) is 5.69 Å². The maximum Gasteiger partial charge on any atom is 0.270 e. The predicted octanol–water partition coefficient (Wildman–Crippen LogP) is 5.33. The van der Waals surface area contributed by atoms with Crippen LogP contribution in [0, 0.1) is 0 Å². The van der Waals surface area contributed by atoms with Gasteiger partial charge < -0.3 is 18.9 Å². The summed E-state index contributed by atoms with van der Waals surface area (Å²) in [5, 5.41) is 4.19. The summed E-state index contributed by atoms with van der Waals surface area (Å²) in [6.45, 7) is 6.89. The summed E-state index contributed by atoms with van der Waals surface area (Å²) in [6.07, 6.45) is 0.813. The fraction of sp³-hybridized carbons (Fsp3) is 0.375. The molecule has 5 nitrogen and oxygen atoms in total. The fourth-order valence-electron chi connectivity index (χ4n) is 3.96. The van der Waals surface area contributed by atoms with Crippen LogP contribution in [0.15, 0.2) is 35.0 Å². The first-order valence-corrected chi connectivity index (χ1v) is 11.0. The standard InChI is InChI=1S/C24H28N2O3S/c1-24(2,3)25(4)23(27)19-13-18(16-8-10-30-14-16)22-21-15(7-9-26(19)22)11-17(28-5)12-20(21)29-6/h8,10-14H,7,9H2,1-6H3. The van der Waals surface area contributed by atoms with E-state index in [1.807, 2.05) is 24.1 Å². The lowest BCUT2D eigenvalue weighted by Gasteiger charge is -2.33. The van der Waals surface area contributed by atoms with Crippen LogP contribution in [0.1, 0.15) is 36.8 Å². The maximum absolute atomic E-state index is 13.5. The second kappa shape index (κ2) is 7.51. The van der Waals surface area contributed by atoms with Crippen LogP contribution >= 0.6 is 11.3 Å². The zero-order valence-electron chi connectivity index (χ0n) is 18.4. The Hall–Kier alpha value is -2.73. The number of fused-ring (bicyclic) bond motifs is 3. The Balaban J connectivity index is 1.98. The molecule has 3 heterocycles. The minimum absolute atomic E-state index is 0.0289. The van der Waals surface area contributed by atoms with E-state index >= 15 is 0 Å². The highest BCUT2D eigenvalue weighted by molar-refractivity contribution is 7.08. The molecule has 0 radical (unpaired) electrons. The Bertz CT molecular complexity index is 1070. The highest BCUT2D eigenvalue weighted by atomic mass is 32.1. The zero-order valence-corrected chi connectivity index (χ0v) is 19.2. The summed E-state index contributed by atoms with van der Waals surface area (Å²) in [5.74, 6) is 1.58. The molecule has 1 aliphatic heterocycles. The van der Waals surface area contributed by atoms with Crippen molar-refractivity contribution in [1.29, 1.82) is 0 Å². The number of thiophene rings is 1. The summed E-state index contributed by atoms with van der Waals surface area (Å²) in [4.78, 5) is 15.3. The lowest BCUT2D eigenvalue weighted by atomic mass is 9.93. The molecule has 0 spiro atoms. The second-order valence-electron chi connectivity index (χ2n) is 8.60. The number of methoxy groups -OCH3 is 2. The fourth-order valence-corrected chi connectivity index (χ4v) is 4.62. The number of hydrogen-bond donors (Lipinski definition) is 0. The molecule has 1 aromatic carbocycles. The van der Waals surface area contributed by atoms with Gasteiger partial charge in [-0.2, -0.15) is 11.3 Å². The molecule has 0 saturated carbocycles. The lowest BCUT2D eigenvalue weighted by molar-refractivity contribution is 0.0644. The third-order valence-corrected chi connectivity index (χ3v) is 6.60. The van der Waals surface area contributed by atoms with Gasteiger partial charge in [0.05, 0.1) is 19.9 Å². The van der Waals surface area contributed by atoms with Crippen LogP contribution in [0.2, 0.25) is 0 Å². The largest absolute Gasteiger partial charge is 0.497 e. The number of carbonyl (C=O) groups is 1. The second-order valence-corrected chi connectivity index (χ2v) is 9.38. The summed E-state index contributed by atoms with van der Waals surface area (Å²) < 4.78 is 13.4. The Morgan fingerprint density at radius 2 is 1.93 bits per heavy atom. The van der Waals surface area contributed by atoms with E-state index in [-0.39, 0.29) is 11.4 Å². The van der Waals surface area contributed by atoms with Crippen LogP contribution in [-0.2, 0) is 13.0 Å². The van der Waals surface area contributed by atoms with Gasteiger partial charge in [0.15, 0.2) is 0 Å². The summed E-state index contributed by atoms with van der Waals surface area (Å²) >= 11 is 1.65. The SMILES string of the molecule is COc1cc2c(c(OC)c1)-c1c(-c3ccsc3)cc(C(=O)N(C)C(C)(C)C)n1CC2. The summed E-state index contributed by atoms with van der Waals surface area (Å²) in [6, 6.07) is 8.14. The average Bonchev–Trinajstić information content (AvgIpc) is 3.38. The molecule has 0 atom stereocenters. The van der Waals surface area contributed by atoms with Gasteiger partial charge in [-0.1, -0.05) is 0 Å². The molecule has 2 aromatic heterocycles. The number of hydrogen-bond acceptors (Lipinski definition) is 4. The van der Waals surface area contributed by atoms with Crippen molar-refractivity contribution in [2.24, 2.45) is 0 Å². The first-order chi connectivity index (χ1) is 14.3. The number of aryl methyl sites for hydroxylation is 1. The Kier molecular flexibility index (Phi) is 5.14. The molecular formula is C24H28N2O3S. The van der Waals surface area contributed by atoms with Crippen LogP contribution in [-0.4, -0.2) is 42.2 Å². The van der Waals surface area contributed by atoms with Crippen molar-refractivity contribution >= 4 is 17.2 Å². The number of nitrogens with zero attached hydrogens (tertiary/aromatic N) is 2. The van der Waals surface area contributed by atoms with Crippen molar-refractivity contribution in [1.82, 2.24) is 9.47 Å². The van der Waals surface area contributed by atoms with Gasteiger partial charge >= 0.3 is 0 Å². The number of ether oxygens (including phenoxy) is 2. The van der Waals surface area contributed by atoms with Crippen molar-refractivity contribution in [2.75, 3.05) is 21.3 Å². The van der Waals surface area contributed by atoms with Gasteiger partial charge in [-0.05, 0) is 67.3 Å². The number of rotatable bonds is 4. The maximum atomic E-state index is 13.5. The molecule has 30 heavy (non-hydrogen) atoms. The minimum Gasteiger partial charge on any atom is -0.497 e. The van der Waals surface area contributed by atoms with E-state index in [2.05, 4.69) is 48.2 Å². The third kappa shape index (κ3) is 3.29. The normalized spacial score (nSPS) is 12.9. The topological polar surface area (TPSA) is 43.7 Å². The molecule has 0 saturated heterocycles. The van der Waals surface area contributed by atoms with Gasteiger partial charge in [0, 0.05) is 36.3 Å². The number of benzene rings is 1. The lowest BCUT2D eigenvalue weighted by Crippen LogP contribution is -2.43. The first-order valence-electron chi connectivity index (χ1n) is 10.1. The molecule has 0 N–H and O–H groups in total. The van der Waals surface area contributed by atoms with Gasteiger partial charge in [0.25, 0.3) is 5.91 Å². The van der Waals surface area contributed by atoms with Crippen LogP contribution in [0.4, 0.5) is 0 Å². The van der Waals surface area contributed by atoms with Gasteiger partial charge in [-0.3, -0.25) is 4.79 Å². The Morgan fingerprint density at radius 3 is 2.53 bits per heavy atom. The predicted molar refractivity (Wildman–Crippen MR) is 122 cm³/mol. The number of carbonyl (C=O) groups excluding carboxylic acids is 1. The van der Waals surface area contributed by atoms with Crippen molar-refractivity contribution in [3.8, 4) is 33.9 Å². The van der Waals surface area contributed by atoms with Crippen LogP contribution in [0.25, 0.3) is 22.4 Å². The number of aromatic nitrogens is 1. The monoisotopic (exact) mass is 424 g/mol. The molecule has 4 rings (SSSR count). The molecule has 158 valence electrons. The minimum atomic E-state index is -0.262. The quantitative estimate of drug-likeness (QED) is 0.569. The van der Waals surface area contributed by atoms with E-state index in [4.69, 9.17) is 9.47 Å². The van der Waals surface area contributed by atoms with E-state index in [1.54, 1.807) is 25.6 Å². The summed E-state index contributed by atoms with van der Waals surface area (Å²) in [7, 11) is 5.22. The first kappa shape index (κ1) is 20.5. The van der Waals surface area contributed by atoms with Gasteiger partial charge in [0.2, 0.25) is 0 Å². The van der Waals surface area contributed by atoms with Crippen LogP contribution < -0.4 is 9.47 Å². The highest BCUT2D eigenvalue weighted by Crippen LogP contribution is 2.46. The van der Waals surface area contributed by atoms with Crippen LogP contribution in [0.3, 0.4) is 0 Å².